The normalized spacial score (nSPS) is 19.2. The Hall–Kier alpha value is -1.61. The molecule has 1 amide bonds. The first kappa shape index (κ1) is 21.7. The smallest absolute Gasteiger partial charge is 0.329 e. The van der Waals surface area contributed by atoms with Gasteiger partial charge in [0.25, 0.3) is 0 Å². The molecule has 1 saturated heterocycles. The monoisotopic (exact) mass is 406 g/mol. The molecule has 1 aliphatic heterocycles. The largest absolute Gasteiger partial charge is 0.408 e. The van der Waals surface area contributed by atoms with Gasteiger partial charge in [-0.1, -0.05) is 32.9 Å². The van der Waals surface area contributed by atoms with E-state index in [1.165, 1.54) is 12.1 Å². The number of rotatable bonds is 4. The fourth-order valence-electron chi connectivity index (χ4n) is 3.05. The molecule has 0 radical (unpaired) electrons. The highest BCUT2D eigenvalue weighted by Crippen LogP contribution is 2.31. The molecular formula is C18H25F3N2O3S. The number of benzene rings is 1. The summed E-state index contributed by atoms with van der Waals surface area (Å²) in [6.45, 7) is 5.25. The molecule has 9 heteroatoms. The number of hydrogen-bond donors (Lipinski definition) is 1. The summed E-state index contributed by atoms with van der Waals surface area (Å²) < 4.78 is 66.1. The molecule has 1 aromatic rings. The van der Waals surface area contributed by atoms with Gasteiger partial charge in [0.05, 0.1) is 11.4 Å². The van der Waals surface area contributed by atoms with Crippen molar-refractivity contribution in [2.45, 2.75) is 62.6 Å². The third-order valence-corrected chi connectivity index (χ3v) is 6.06. The first-order valence-electron chi connectivity index (χ1n) is 8.79. The van der Waals surface area contributed by atoms with Gasteiger partial charge in [0.15, 0.2) is 0 Å². The summed E-state index contributed by atoms with van der Waals surface area (Å²) in [6.07, 6.45) is -3.81. The number of carbonyl (C=O) groups excluding carboxylic acids is 1. The molecule has 1 aliphatic rings. The molecule has 0 aromatic heterocycles. The SMILES string of the molecule is CC(C)(C)c1ccc(S(=O)(=O)NCC(=O)N2CCCCC2C(F)(F)F)cc1. The van der Waals surface area contributed by atoms with Crippen molar-refractivity contribution in [3.05, 3.63) is 29.8 Å². The van der Waals surface area contributed by atoms with Crippen LogP contribution in [0.25, 0.3) is 0 Å². The zero-order valence-corrected chi connectivity index (χ0v) is 16.5. The minimum Gasteiger partial charge on any atom is -0.329 e. The van der Waals surface area contributed by atoms with E-state index >= 15 is 0 Å². The molecular weight excluding hydrogens is 381 g/mol. The van der Waals surface area contributed by atoms with Crippen LogP contribution >= 0.6 is 0 Å². The average Bonchev–Trinajstić information content (AvgIpc) is 2.58. The van der Waals surface area contributed by atoms with Crippen molar-refractivity contribution in [2.75, 3.05) is 13.1 Å². The van der Waals surface area contributed by atoms with Gasteiger partial charge in [-0.3, -0.25) is 4.79 Å². The molecule has 0 spiro atoms. The minimum atomic E-state index is -4.52. The lowest BCUT2D eigenvalue weighted by Crippen LogP contribution is -2.53. The minimum absolute atomic E-state index is 0.0228. The topological polar surface area (TPSA) is 66.5 Å². The maximum absolute atomic E-state index is 13.1. The fraction of sp³-hybridized carbons (Fsp3) is 0.611. The van der Waals surface area contributed by atoms with Gasteiger partial charge in [0.1, 0.15) is 6.04 Å². The predicted octanol–water partition coefficient (Wildman–Crippen LogP) is 3.21. The number of amides is 1. The van der Waals surface area contributed by atoms with Crippen LogP contribution in [0, 0.1) is 0 Å². The van der Waals surface area contributed by atoms with Crippen LogP contribution in [0.1, 0.15) is 45.6 Å². The molecule has 1 aromatic carbocycles. The van der Waals surface area contributed by atoms with E-state index in [1.807, 2.05) is 20.8 Å². The number of nitrogens with zero attached hydrogens (tertiary/aromatic N) is 1. The van der Waals surface area contributed by atoms with Crippen LogP contribution in [0.3, 0.4) is 0 Å². The van der Waals surface area contributed by atoms with Crippen LogP contribution in [-0.4, -0.2) is 44.5 Å². The molecule has 5 nitrogen and oxygen atoms in total. The number of sulfonamides is 1. The summed E-state index contributed by atoms with van der Waals surface area (Å²) in [5.41, 5.74) is 0.797. The van der Waals surface area contributed by atoms with Crippen molar-refractivity contribution in [2.24, 2.45) is 0 Å². The van der Waals surface area contributed by atoms with Gasteiger partial charge in [-0.25, -0.2) is 13.1 Å². The fourth-order valence-corrected chi connectivity index (χ4v) is 4.02. The second-order valence-corrected chi connectivity index (χ2v) is 9.51. The van der Waals surface area contributed by atoms with Crippen LogP contribution < -0.4 is 4.72 Å². The molecule has 0 bridgehead atoms. The van der Waals surface area contributed by atoms with Crippen molar-refractivity contribution in [1.82, 2.24) is 9.62 Å². The Morgan fingerprint density at radius 3 is 2.26 bits per heavy atom. The van der Waals surface area contributed by atoms with E-state index in [1.54, 1.807) is 12.1 Å². The summed E-state index contributed by atoms with van der Waals surface area (Å²) in [6, 6.07) is 4.36. The van der Waals surface area contributed by atoms with Crippen molar-refractivity contribution in [3.8, 4) is 0 Å². The Morgan fingerprint density at radius 2 is 1.74 bits per heavy atom. The van der Waals surface area contributed by atoms with E-state index in [9.17, 15) is 26.4 Å². The number of alkyl halides is 3. The molecule has 1 atom stereocenters. The number of carbonyl (C=O) groups is 1. The van der Waals surface area contributed by atoms with Gasteiger partial charge < -0.3 is 4.90 Å². The lowest BCUT2D eigenvalue weighted by molar-refractivity contribution is -0.195. The summed E-state index contributed by atoms with van der Waals surface area (Å²) >= 11 is 0. The molecule has 27 heavy (non-hydrogen) atoms. The molecule has 1 unspecified atom stereocenters. The molecule has 1 fully saturated rings. The maximum atomic E-state index is 13.1. The number of hydrogen-bond acceptors (Lipinski definition) is 3. The summed E-state index contributed by atoms with van der Waals surface area (Å²) in [4.78, 5) is 12.9. The van der Waals surface area contributed by atoms with E-state index in [2.05, 4.69) is 4.72 Å². The number of nitrogens with one attached hydrogen (secondary N) is 1. The highest BCUT2D eigenvalue weighted by atomic mass is 32.2. The highest BCUT2D eigenvalue weighted by molar-refractivity contribution is 7.89. The number of halogens is 3. The Labute approximate surface area is 158 Å². The van der Waals surface area contributed by atoms with Crippen molar-refractivity contribution in [3.63, 3.8) is 0 Å². The third-order valence-electron chi connectivity index (χ3n) is 4.65. The van der Waals surface area contributed by atoms with Crippen LogP contribution in [0.2, 0.25) is 0 Å². The molecule has 0 aliphatic carbocycles. The quantitative estimate of drug-likeness (QED) is 0.835. The van der Waals surface area contributed by atoms with E-state index in [0.717, 1.165) is 10.5 Å². The van der Waals surface area contributed by atoms with Gasteiger partial charge in [-0.05, 0) is 42.4 Å². The van der Waals surface area contributed by atoms with Crippen molar-refractivity contribution in [1.29, 1.82) is 0 Å². The Kier molecular flexibility index (Phi) is 6.26. The van der Waals surface area contributed by atoms with Crippen molar-refractivity contribution >= 4 is 15.9 Å². The number of likely N-dealkylation sites (tertiary alicyclic amines) is 1. The van der Waals surface area contributed by atoms with E-state index in [0.29, 0.717) is 12.8 Å². The lowest BCUT2D eigenvalue weighted by Gasteiger charge is -2.36. The Balaban J connectivity index is 2.06. The second-order valence-electron chi connectivity index (χ2n) is 7.74. The molecule has 1 heterocycles. The Morgan fingerprint density at radius 1 is 1.15 bits per heavy atom. The molecule has 152 valence electrons. The summed E-state index contributed by atoms with van der Waals surface area (Å²) in [5, 5.41) is 0. The maximum Gasteiger partial charge on any atom is 0.408 e. The lowest BCUT2D eigenvalue weighted by atomic mass is 9.87. The van der Waals surface area contributed by atoms with Crippen LogP contribution in [0.15, 0.2) is 29.2 Å². The zero-order chi connectivity index (χ0) is 20.5. The zero-order valence-electron chi connectivity index (χ0n) is 15.6. The van der Waals surface area contributed by atoms with Gasteiger partial charge in [-0.15, -0.1) is 0 Å². The standard InChI is InChI=1S/C18H25F3N2O3S/c1-17(2,3)13-7-9-14(10-8-13)27(25,26)22-12-16(24)23-11-5-4-6-15(23)18(19,20)21/h7-10,15,22H,4-6,11-12H2,1-3H3. The van der Waals surface area contributed by atoms with Gasteiger partial charge in [0, 0.05) is 6.54 Å². The van der Waals surface area contributed by atoms with Gasteiger partial charge in [0.2, 0.25) is 15.9 Å². The average molecular weight is 406 g/mol. The molecule has 1 N–H and O–H groups in total. The first-order chi connectivity index (χ1) is 12.3. The van der Waals surface area contributed by atoms with Gasteiger partial charge >= 0.3 is 6.18 Å². The van der Waals surface area contributed by atoms with E-state index in [-0.39, 0.29) is 23.3 Å². The second kappa shape index (κ2) is 7.79. The molecule has 0 saturated carbocycles. The summed E-state index contributed by atoms with van der Waals surface area (Å²) in [7, 11) is -3.99. The number of piperidine rings is 1. The molecule has 2 rings (SSSR count). The first-order valence-corrected chi connectivity index (χ1v) is 10.3. The van der Waals surface area contributed by atoms with Crippen LogP contribution in [-0.2, 0) is 20.2 Å². The van der Waals surface area contributed by atoms with Crippen LogP contribution in [0.4, 0.5) is 13.2 Å². The van der Waals surface area contributed by atoms with E-state index in [4.69, 9.17) is 0 Å². The van der Waals surface area contributed by atoms with Crippen LogP contribution in [0.5, 0.6) is 0 Å². The Bertz CT molecular complexity index is 769. The van der Waals surface area contributed by atoms with E-state index < -0.39 is 34.7 Å². The van der Waals surface area contributed by atoms with Gasteiger partial charge in [-0.2, -0.15) is 13.2 Å². The van der Waals surface area contributed by atoms with Crippen molar-refractivity contribution < 1.29 is 26.4 Å². The summed E-state index contributed by atoms with van der Waals surface area (Å²) in [5.74, 6) is -0.869. The highest BCUT2D eigenvalue weighted by Gasteiger charge is 2.46. The predicted molar refractivity (Wildman–Crippen MR) is 95.7 cm³/mol. The third kappa shape index (κ3) is 5.44.